The molecule has 5 nitrogen and oxygen atoms in total. The van der Waals surface area contributed by atoms with Crippen LogP contribution < -0.4 is 5.32 Å². The summed E-state index contributed by atoms with van der Waals surface area (Å²) in [7, 11) is 0. The Hall–Kier alpha value is -1.53. The summed E-state index contributed by atoms with van der Waals surface area (Å²) >= 11 is 0. The average Bonchev–Trinajstić information content (AvgIpc) is 2.81. The van der Waals surface area contributed by atoms with Crippen LogP contribution in [-0.4, -0.2) is 24.2 Å². The molecule has 1 atom stereocenters. The quantitative estimate of drug-likeness (QED) is 0.644. The number of ether oxygens (including phenoxy) is 1. The summed E-state index contributed by atoms with van der Waals surface area (Å²) in [6, 6.07) is 3.95. The maximum atomic E-state index is 13.3. The van der Waals surface area contributed by atoms with E-state index in [0.29, 0.717) is 12.1 Å². The first-order valence-corrected chi connectivity index (χ1v) is 5.92. The second-order valence-corrected chi connectivity index (χ2v) is 4.31. The first-order valence-electron chi connectivity index (χ1n) is 5.92. The minimum Gasteiger partial charge on any atom is -0.377 e. The molecule has 1 heterocycles. The fraction of sp³-hybridized carbons (Fsp3) is 0.500. The number of benzene rings is 1. The molecular formula is C12H15FN2O3. The number of hydrogen-bond donors (Lipinski definition) is 1. The van der Waals surface area contributed by atoms with Gasteiger partial charge in [0, 0.05) is 25.8 Å². The van der Waals surface area contributed by atoms with Crippen molar-refractivity contribution < 1.29 is 14.1 Å². The predicted octanol–water partition coefficient (Wildman–Crippen LogP) is 2.00. The monoisotopic (exact) mass is 254 g/mol. The molecule has 2 rings (SSSR count). The van der Waals surface area contributed by atoms with Crippen LogP contribution in [0.4, 0.5) is 10.1 Å². The highest BCUT2D eigenvalue weighted by Gasteiger charge is 2.16. The number of nitro groups is 1. The second-order valence-electron chi connectivity index (χ2n) is 4.31. The zero-order chi connectivity index (χ0) is 13.0. The smallest absolute Gasteiger partial charge is 0.304 e. The number of rotatable bonds is 5. The Morgan fingerprint density at radius 3 is 3.00 bits per heavy atom. The van der Waals surface area contributed by atoms with Gasteiger partial charge in [-0.3, -0.25) is 10.1 Å². The van der Waals surface area contributed by atoms with Gasteiger partial charge in [-0.25, -0.2) is 0 Å². The number of hydrogen-bond acceptors (Lipinski definition) is 4. The molecule has 0 aromatic heterocycles. The maximum absolute atomic E-state index is 13.3. The Morgan fingerprint density at radius 1 is 1.56 bits per heavy atom. The minimum absolute atomic E-state index is 0.230. The van der Waals surface area contributed by atoms with E-state index in [2.05, 4.69) is 5.32 Å². The maximum Gasteiger partial charge on any atom is 0.304 e. The van der Waals surface area contributed by atoms with E-state index in [-0.39, 0.29) is 6.10 Å². The second kappa shape index (κ2) is 5.88. The van der Waals surface area contributed by atoms with Crippen molar-refractivity contribution in [1.29, 1.82) is 0 Å². The molecule has 18 heavy (non-hydrogen) atoms. The molecule has 0 bridgehead atoms. The van der Waals surface area contributed by atoms with Gasteiger partial charge in [-0.05, 0) is 24.5 Å². The van der Waals surface area contributed by atoms with E-state index in [1.807, 2.05) is 0 Å². The lowest BCUT2D eigenvalue weighted by molar-refractivity contribution is -0.387. The summed E-state index contributed by atoms with van der Waals surface area (Å²) < 4.78 is 18.8. The van der Waals surface area contributed by atoms with Crippen molar-refractivity contribution >= 4 is 5.69 Å². The van der Waals surface area contributed by atoms with Crippen LogP contribution in [0.1, 0.15) is 18.4 Å². The summed E-state index contributed by atoms with van der Waals surface area (Å²) in [6.07, 6.45) is 2.35. The number of nitrogens with zero attached hydrogens (tertiary/aromatic N) is 1. The van der Waals surface area contributed by atoms with Crippen LogP contribution in [-0.2, 0) is 11.3 Å². The largest absolute Gasteiger partial charge is 0.377 e. The average molecular weight is 254 g/mol. The summed E-state index contributed by atoms with van der Waals surface area (Å²) in [6.45, 7) is 2.01. The standard InChI is InChI=1S/C12H15FN2O3/c13-11-6-9(3-4-12(11)15(16)17)7-14-8-10-2-1-5-18-10/h3-4,6,10,14H,1-2,5,7-8H2. The van der Waals surface area contributed by atoms with E-state index in [4.69, 9.17) is 4.74 Å². The summed E-state index contributed by atoms with van der Waals surface area (Å²) in [5.41, 5.74) is 0.203. The molecule has 0 aliphatic carbocycles. The van der Waals surface area contributed by atoms with E-state index in [1.165, 1.54) is 12.1 Å². The Balaban J connectivity index is 1.85. The van der Waals surface area contributed by atoms with Crippen molar-refractivity contribution in [3.63, 3.8) is 0 Å². The van der Waals surface area contributed by atoms with E-state index < -0.39 is 16.4 Å². The van der Waals surface area contributed by atoms with Gasteiger partial charge in [0.15, 0.2) is 0 Å². The summed E-state index contributed by atoms with van der Waals surface area (Å²) in [5, 5.41) is 13.6. The molecule has 1 fully saturated rings. The Bertz CT molecular complexity index is 433. The molecular weight excluding hydrogens is 239 g/mol. The third-order valence-electron chi connectivity index (χ3n) is 2.93. The van der Waals surface area contributed by atoms with Gasteiger partial charge in [0.05, 0.1) is 11.0 Å². The van der Waals surface area contributed by atoms with Crippen molar-refractivity contribution in [1.82, 2.24) is 5.32 Å². The minimum atomic E-state index is -0.795. The SMILES string of the molecule is O=[N+]([O-])c1ccc(CNCC2CCCO2)cc1F. The number of nitro benzene ring substituents is 1. The van der Waals surface area contributed by atoms with E-state index >= 15 is 0 Å². The molecule has 1 unspecified atom stereocenters. The fourth-order valence-corrected chi connectivity index (χ4v) is 1.99. The predicted molar refractivity (Wildman–Crippen MR) is 63.7 cm³/mol. The third-order valence-corrected chi connectivity index (χ3v) is 2.93. The number of nitrogens with one attached hydrogen (secondary N) is 1. The van der Waals surface area contributed by atoms with E-state index in [9.17, 15) is 14.5 Å². The van der Waals surface area contributed by atoms with Crippen LogP contribution in [0.3, 0.4) is 0 Å². The van der Waals surface area contributed by atoms with Gasteiger partial charge in [-0.15, -0.1) is 0 Å². The Kier molecular flexibility index (Phi) is 4.22. The molecule has 1 aliphatic rings. The van der Waals surface area contributed by atoms with Crippen LogP contribution >= 0.6 is 0 Å². The fourth-order valence-electron chi connectivity index (χ4n) is 1.99. The Labute approximate surface area is 104 Å². The molecule has 6 heteroatoms. The van der Waals surface area contributed by atoms with Crippen molar-refractivity contribution in [2.75, 3.05) is 13.2 Å². The molecule has 1 aliphatic heterocycles. The van der Waals surface area contributed by atoms with Gasteiger partial charge in [-0.1, -0.05) is 6.07 Å². The van der Waals surface area contributed by atoms with Crippen LogP contribution in [0.25, 0.3) is 0 Å². The van der Waals surface area contributed by atoms with Gasteiger partial charge < -0.3 is 10.1 Å². The summed E-state index contributed by atoms with van der Waals surface area (Å²) in [4.78, 5) is 9.73. The Morgan fingerprint density at radius 2 is 2.39 bits per heavy atom. The van der Waals surface area contributed by atoms with Crippen molar-refractivity contribution in [2.24, 2.45) is 0 Å². The van der Waals surface area contributed by atoms with Gasteiger partial charge >= 0.3 is 5.69 Å². The molecule has 0 spiro atoms. The van der Waals surface area contributed by atoms with Crippen LogP contribution in [0.2, 0.25) is 0 Å². The highest BCUT2D eigenvalue weighted by Crippen LogP contribution is 2.18. The van der Waals surface area contributed by atoms with Gasteiger partial charge in [0.25, 0.3) is 0 Å². The van der Waals surface area contributed by atoms with Crippen LogP contribution in [0.15, 0.2) is 18.2 Å². The molecule has 1 aromatic carbocycles. The van der Waals surface area contributed by atoms with Crippen molar-refractivity contribution in [2.45, 2.75) is 25.5 Å². The summed E-state index contributed by atoms with van der Waals surface area (Å²) in [5.74, 6) is -0.795. The lowest BCUT2D eigenvalue weighted by Gasteiger charge is -2.10. The molecule has 98 valence electrons. The first kappa shape index (κ1) is 12.9. The topological polar surface area (TPSA) is 64.4 Å². The van der Waals surface area contributed by atoms with E-state index in [0.717, 1.165) is 26.0 Å². The lowest BCUT2D eigenvalue weighted by Crippen LogP contribution is -2.25. The highest BCUT2D eigenvalue weighted by molar-refractivity contribution is 5.34. The zero-order valence-electron chi connectivity index (χ0n) is 9.89. The lowest BCUT2D eigenvalue weighted by atomic mass is 10.2. The highest BCUT2D eigenvalue weighted by atomic mass is 19.1. The van der Waals surface area contributed by atoms with Crippen molar-refractivity contribution in [3.8, 4) is 0 Å². The van der Waals surface area contributed by atoms with Crippen molar-refractivity contribution in [3.05, 3.63) is 39.7 Å². The van der Waals surface area contributed by atoms with E-state index in [1.54, 1.807) is 6.07 Å². The van der Waals surface area contributed by atoms with Gasteiger partial charge in [-0.2, -0.15) is 4.39 Å². The normalized spacial score (nSPS) is 19.1. The molecule has 1 aromatic rings. The third kappa shape index (κ3) is 3.24. The van der Waals surface area contributed by atoms with Gasteiger partial charge in [0.2, 0.25) is 5.82 Å². The van der Waals surface area contributed by atoms with Crippen LogP contribution in [0, 0.1) is 15.9 Å². The molecule has 0 amide bonds. The first-order chi connectivity index (χ1) is 8.66. The number of halogens is 1. The zero-order valence-corrected chi connectivity index (χ0v) is 9.89. The van der Waals surface area contributed by atoms with Crippen LogP contribution in [0.5, 0.6) is 0 Å². The molecule has 1 N–H and O–H groups in total. The molecule has 1 saturated heterocycles. The molecule has 0 radical (unpaired) electrons. The molecule has 0 saturated carbocycles. The van der Waals surface area contributed by atoms with Gasteiger partial charge in [0.1, 0.15) is 0 Å².